The Morgan fingerprint density at radius 3 is 2.37 bits per heavy atom. The minimum absolute atomic E-state index is 0.00838. The molecule has 0 spiro atoms. The Bertz CT molecular complexity index is 863. The Hall–Kier alpha value is -2.96. The molecule has 30 heavy (non-hydrogen) atoms. The molecule has 4 nitrogen and oxygen atoms in total. The van der Waals surface area contributed by atoms with Crippen LogP contribution in [0.1, 0.15) is 41.3 Å². The monoisotopic (exact) mass is 419 g/mol. The summed E-state index contributed by atoms with van der Waals surface area (Å²) in [4.78, 5) is 29.1. The maximum absolute atomic E-state index is 13.3. The molecule has 7 heteroatoms. The molecule has 2 aromatic carbocycles. The number of rotatable bonds is 10. The van der Waals surface area contributed by atoms with Crippen molar-refractivity contribution < 1.29 is 27.5 Å². The van der Waals surface area contributed by atoms with Crippen molar-refractivity contribution >= 4 is 18.0 Å². The van der Waals surface area contributed by atoms with Gasteiger partial charge in [0.05, 0.1) is 12.2 Å². The van der Waals surface area contributed by atoms with Gasteiger partial charge >= 0.3 is 12.1 Å². The van der Waals surface area contributed by atoms with Crippen molar-refractivity contribution in [1.29, 1.82) is 0 Å². The maximum Gasteiger partial charge on any atom is 0.417 e. The Morgan fingerprint density at radius 2 is 1.70 bits per heavy atom. The summed E-state index contributed by atoms with van der Waals surface area (Å²) in [6.45, 7) is 1.93. The number of aryl methyl sites for hydroxylation is 1. The zero-order valence-corrected chi connectivity index (χ0v) is 16.7. The third kappa shape index (κ3) is 6.83. The van der Waals surface area contributed by atoms with Crippen LogP contribution in [-0.2, 0) is 22.1 Å². The SMILES string of the molecule is CCOC(=O)C(C=NCCCCc1ccccc1)C(=O)c1ccccc1C(F)(F)F. The summed E-state index contributed by atoms with van der Waals surface area (Å²) < 4.78 is 44.6. The van der Waals surface area contributed by atoms with E-state index in [0.717, 1.165) is 31.2 Å². The molecule has 0 heterocycles. The van der Waals surface area contributed by atoms with Crippen molar-refractivity contribution in [3.8, 4) is 0 Å². The molecule has 0 aliphatic carbocycles. The quantitative estimate of drug-likeness (QED) is 0.176. The number of Topliss-reactive ketones (excluding diaryl/α,β-unsaturated/α-hetero) is 1. The lowest BCUT2D eigenvalue weighted by atomic mass is 9.94. The summed E-state index contributed by atoms with van der Waals surface area (Å²) in [5, 5.41) is 0. The number of nitrogens with zero attached hydrogens (tertiary/aromatic N) is 1. The van der Waals surface area contributed by atoms with Crippen LogP contribution in [0.15, 0.2) is 59.6 Å². The molecule has 0 radical (unpaired) electrons. The van der Waals surface area contributed by atoms with Gasteiger partial charge in [0.25, 0.3) is 0 Å². The fourth-order valence-corrected chi connectivity index (χ4v) is 2.94. The highest BCUT2D eigenvalue weighted by Crippen LogP contribution is 2.32. The minimum Gasteiger partial charge on any atom is -0.465 e. The van der Waals surface area contributed by atoms with E-state index in [9.17, 15) is 22.8 Å². The Labute approximate surface area is 173 Å². The number of carbonyl (C=O) groups is 2. The van der Waals surface area contributed by atoms with Crippen molar-refractivity contribution in [3.63, 3.8) is 0 Å². The molecule has 2 rings (SSSR count). The van der Waals surface area contributed by atoms with Crippen molar-refractivity contribution in [2.24, 2.45) is 10.9 Å². The molecule has 1 atom stereocenters. The van der Waals surface area contributed by atoms with E-state index in [1.54, 1.807) is 6.92 Å². The minimum atomic E-state index is -4.71. The number of hydrogen-bond acceptors (Lipinski definition) is 4. The Morgan fingerprint density at radius 1 is 1.03 bits per heavy atom. The molecule has 0 aliphatic heterocycles. The Balaban J connectivity index is 2.06. The first kappa shape index (κ1) is 23.3. The molecule has 0 bridgehead atoms. The number of hydrogen-bond donors (Lipinski definition) is 0. The molecule has 0 amide bonds. The van der Waals surface area contributed by atoms with Gasteiger partial charge in [0.1, 0.15) is 0 Å². The zero-order chi connectivity index (χ0) is 22.0. The van der Waals surface area contributed by atoms with Gasteiger partial charge in [-0.2, -0.15) is 13.2 Å². The molecule has 0 saturated heterocycles. The van der Waals surface area contributed by atoms with Crippen LogP contribution in [0.25, 0.3) is 0 Å². The van der Waals surface area contributed by atoms with Crippen LogP contribution in [0.3, 0.4) is 0 Å². The highest BCUT2D eigenvalue weighted by Gasteiger charge is 2.38. The van der Waals surface area contributed by atoms with Crippen molar-refractivity contribution in [2.75, 3.05) is 13.2 Å². The molecule has 0 N–H and O–H groups in total. The number of unbranched alkanes of at least 4 members (excludes halogenated alkanes) is 1. The number of esters is 1. The predicted molar refractivity (Wildman–Crippen MR) is 109 cm³/mol. The van der Waals surface area contributed by atoms with Crippen molar-refractivity contribution in [1.82, 2.24) is 0 Å². The molecule has 160 valence electrons. The lowest BCUT2D eigenvalue weighted by Gasteiger charge is -2.15. The van der Waals surface area contributed by atoms with Crippen LogP contribution in [0, 0.1) is 5.92 Å². The lowest BCUT2D eigenvalue weighted by molar-refractivity contribution is -0.144. The van der Waals surface area contributed by atoms with Gasteiger partial charge < -0.3 is 4.74 Å². The van der Waals surface area contributed by atoms with E-state index in [1.807, 2.05) is 30.3 Å². The highest BCUT2D eigenvalue weighted by atomic mass is 19.4. The standard InChI is InChI=1S/C23H24F3NO3/c1-2-30-22(29)19(16-27-15-9-8-12-17-10-4-3-5-11-17)21(28)18-13-6-7-14-20(18)23(24,25)26/h3-7,10-11,13-14,16,19H,2,8-9,12,15H2,1H3. The summed E-state index contributed by atoms with van der Waals surface area (Å²) in [6, 6.07) is 14.3. The van der Waals surface area contributed by atoms with Crippen molar-refractivity contribution in [3.05, 3.63) is 71.3 Å². The topological polar surface area (TPSA) is 55.7 Å². The van der Waals surface area contributed by atoms with Gasteiger partial charge in [-0.25, -0.2) is 0 Å². The van der Waals surface area contributed by atoms with Gasteiger partial charge in [0, 0.05) is 18.3 Å². The van der Waals surface area contributed by atoms with Gasteiger partial charge in [-0.05, 0) is 37.8 Å². The molecular weight excluding hydrogens is 395 g/mol. The van der Waals surface area contributed by atoms with Gasteiger partial charge in [0.2, 0.25) is 0 Å². The number of ketones is 1. The summed E-state index contributed by atoms with van der Waals surface area (Å²) in [6.07, 6.45) is -1.16. The normalized spacial score (nSPS) is 12.7. The van der Waals surface area contributed by atoms with Gasteiger partial charge in [0.15, 0.2) is 11.7 Å². The van der Waals surface area contributed by atoms with Crippen LogP contribution >= 0.6 is 0 Å². The number of aliphatic imine (C=N–C) groups is 1. The van der Waals surface area contributed by atoms with E-state index < -0.39 is 35.0 Å². The van der Waals surface area contributed by atoms with E-state index in [-0.39, 0.29) is 6.61 Å². The van der Waals surface area contributed by atoms with Gasteiger partial charge in [-0.1, -0.05) is 48.5 Å². The second-order valence-corrected chi connectivity index (χ2v) is 6.64. The predicted octanol–water partition coefficient (Wildman–Crippen LogP) is 5.16. The van der Waals surface area contributed by atoms with Crippen molar-refractivity contribution in [2.45, 2.75) is 32.4 Å². The maximum atomic E-state index is 13.3. The average Bonchev–Trinajstić information content (AvgIpc) is 2.73. The van der Waals surface area contributed by atoms with Gasteiger partial charge in [-0.15, -0.1) is 0 Å². The smallest absolute Gasteiger partial charge is 0.417 e. The zero-order valence-electron chi connectivity index (χ0n) is 16.7. The molecule has 1 unspecified atom stereocenters. The molecule has 0 saturated carbocycles. The van der Waals surface area contributed by atoms with E-state index in [4.69, 9.17) is 4.74 Å². The summed E-state index contributed by atoms with van der Waals surface area (Å²) in [7, 11) is 0. The largest absolute Gasteiger partial charge is 0.465 e. The van der Waals surface area contributed by atoms with Crippen LogP contribution in [0.4, 0.5) is 13.2 Å². The number of ether oxygens (including phenoxy) is 1. The fraction of sp³-hybridized carbons (Fsp3) is 0.348. The van der Waals surface area contributed by atoms with E-state index in [0.29, 0.717) is 13.0 Å². The van der Waals surface area contributed by atoms with E-state index >= 15 is 0 Å². The second-order valence-electron chi connectivity index (χ2n) is 6.64. The molecule has 2 aromatic rings. The lowest BCUT2D eigenvalue weighted by Crippen LogP contribution is -2.29. The van der Waals surface area contributed by atoms with Crippen LogP contribution in [0.2, 0.25) is 0 Å². The molecule has 0 fully saturated rings. The van der Waals surface area contributed by atoms with Crippen LogP contribution in [0.5, 0.6) is 0 Å². The fourth-order valence-electron chi connectivity index (χ4n) is 2.94. The van der Waals surface area contributed by atoms with Crippen LogP contribution in [-0.4, -0.2) is 31.1 Å². The second kappa shape index (κ2) is 11.3. The molecular formula is C23H24F3NO3. The molecule has 0 aliphatic rings. The third-order valence-electron chi connectivity index (χ3n) is 4.42. The van der Waals surface area contributed by atoms with E-state index in [2.05, 4.69) is 4.99 Å². The first-order valence-electron chi connectivity index (χ1n) is 9.75. The third-order valence-corrected chi connectivity index (χ3v) is 4.42. The summed E-state index contributed by atoms with van der Waals surface area (Å²) in [5.41, 5.74) is -0.455. The van der Waals surface area contributed by atoms with Gasteiger partial charge in [-0.3, -0.25) is 14.6 Å². The first-order valence-corrected chi connectivity index (χ1v) is 9.75. The highest BCUT2D eigenvalue weighted by molar-refractivity contribution is 6.19. The molecule has 0 aromatic heterocycles. The summed E-state index contributed by atoms with van der Waals surface area (Å²) >= 11 is 0. The average molecular weight is 419 g/mol. The number of alkyl halides is 3. The Kier molecular flexibility index (Phi) is 8.77. The van der Waals surface area contributed by atoms with E-state index in [1.165, 1.54) is 17.7 Å². The first-order chi connectivity index (χ1) is 14.3. The number of halogens is 3. The van der Waals surface area contributed by atoms with Crippen LogP contribution < -0.4 is 0 Å². The number of carbonyl (C=O) groups excluding carboxylic acids is 2. The number of benzene rings is 2. The summed E-state index contributed by atoms with van der Waals surface area (Å²) in [5.74, 6) is -3.40.